The number of hydrogen-bond acceptors (Lipinski definition) is 5. The van der Waals surface area contributed by atoms with Crippen LogP contribution in [0.15, 0.2) is 64.2 Å². The highest BCUT2D eigenvalue weighted by atomic mass is 35.5. The Balaban J connectivity index is 1.32. The van der Waals surface area contributed by atoms with Gasteiger partial charge < -0.3 is 9.51 Å². The summed E-state index contributed by atoms with van der Waals surface area (Å²) in [6.07, 6.45) is 1.69. The molecule has 0 unspecified atom stereocenters. The maximum absolute atomic E-state index is 14.0. The summed E-state index contributed by atoms with van der Waals surface area (Å²) < 4.78 is 19.5. The number of hydrogen-bond donors (Lipinski definition) is 1. The smallest absolute Gasteiger partial charge is 0.167 e. The molecule has 0 atom stereocenters. The van der Waals surface area contributed by atoms with E-state index in [0.29, 0.717) is 35.3 Å². The molecule has 29 heavy (non-hydrogen) atoms. The fourth-order valence-electron chi connectivity index (χ4n) is 3.20. The van der Waals surface area contributed by atoms with Crippen molar-refractivity contribution in [3.63, 3.8) is 0 Å². The van der Waals surface area contributed by atoms with Crippen LogP contribution in [0.4, 0.5) is 4.39 Å². The zero-order valence-electron chi connectivity index (χ0n) is 15.1. The van der Waals surface area contributed by atoms with Crippen molar-refractivity contribution < 1.29 is 8.91 Å². The number of rotatable bonds is 4. The summed E-state index contributed by atoms with van der Waals surface area (Å²) in [5, 5.41) is 11.1. The van der Waals surface area contributed by atoms with E-state index in [1.807, 2.05) is 23.2 Å². The van der Waals surface area contributed by atoms with E-state index in [0.717, 1.165) is 22.6 Å². The van der Waals surface area contributed by atoms with Gasteiger partial charge in [0, 0.05) is 16.7 Å². The first-order valence-corrected chi connectivity index (χ1v) is 9.38. The molecule has 0 saturated carbocycles. The Kier molecular flexibility index (Phi) is 4.37. The Bertz CT molecular complexity index is 1200. The summed E-state index contributed by atoms with van der Waals surface area (Å²) >= 11 is 5.93. The zero-order valence-corrected chi connectivity index (χ0v) is 15.9. The summed E-state index contributed by atoms with van der Waals surface area (Å²) in [7, 11) is 0. The van der Waals surface area contributed by atoms with Gasteiger partial charge in [-0.25, -0.2) is 9.37 Å². The first kappa shape index (κ1) is 17.6. The second-order valence-corrected chi connectivity index (χ2v) is 7.12. The average molecular weight is 408 g/mol. The van der Waals surface area contributed by atoms with Crippen molar-refractivity contribution in [3.05, 3.63) is 82.5 Å². The Hall–Kier alpha value is -3.45. The predicted molar refractivity (Wildman–Crippen MR) is 108 cm³/mol. The SMILES string of the molecule is Fc1ccccc1-c1nc2c([nH]1)C=NN(Cc1cc(-c3ccc(Cl)cc3)on1)C2. The molecule has 3 heterocycles. The number of aromatic amines is 1. The van der Waals surface area contributed by atoms with Gasteiger partial charge in [0.2, 0.25) is 0 Å². The van der Waals surface area contributed by atoms with E-state index < -0.39 is 0 Å². The van der Waals surface area contributed by atoms with E-state index >= 15 is 0 Å². The maximum atomic E-state index is 14.0. The third-order valence-electron chi connectivity index (χ3n) is 4.65. The summed E-state index contributed by atoms with van der Waals surface area (Å²) in [5.41, 5.74) is 3.67. The van der Waals surface area contributed by atoms with Crippen LogP contribution in [0, 0.1) is 5.82 Å². The fourth-order valence-corrected chi connectivity index (χ4v) is 3.33. The van der Waals surface area contributed by atoms with Gasteiger partial charge >= 0.3 is 0 Å². The first-order chi connectivity index (χ1) is 14.2. The van der Waals surface area contributed by atoms with Crippen LogP contribution in [0.5, 0.6) is 0 Å². The average Bonchev–Trinajstić information content (AvgIpc) is 3.35. The molecule has 8 heteroatoms. The summed E-state index contributed by atoms with van der Waals surface area (Å²) in [5.74, 6) is 0.845. The fraction of sp³-hybridized carbons (Fsp3) is 0.0952. The Morgan fingerprint density at radius 2 is 1.97 bits per heavy atom. The molecule has 0 fully saturated rings. The monoisotopic (exact) mass is 407 g/mol. The van der Waals surface area contributed by atoms with Crippen LogP contribution < -0.4 is 0 Å². The molecule has 5 rings (SSSR count). The molecule has 0 radical (unpaired) electrons. The Labute approximate surface area is 170 Å². The van der Waals surface area contributed by atoms with Crippen LogP contribution in [-0.2, 0) is 13.1 Å². The highest BCUT2D eigenvalue weighted by Gasteiger charge is 2.20. The molecule has 0 bridgehead atoms. The molecule has 0 saturated heterocycles. The topological polar surface area (TPSA) is 70.3 Å². The molecule has 2 aromatic heterocycles. The van der Waals surface area contributed by atoms with Crippen molar-refractivity contribution in [2.75, 3.05) is 0 Å². The second-order valence-electron chi connectivity index (χ2n) is 6.68. The number of H-pyrrole nitrogens is 1. The minimum atomic E-state index is -0.315. The van der Waals surface area contributed by atoms with E-state index in [2.05, 4.69) is 20.2 Å². The molecule has 4 aromatic rings. The third-order valence-corrected chi connectivity index (χ3v) is 4.91. The van der Waals surface area contributed by atoms with Crippen LogP contribution in [0.2, 0.25) is 5.02 Å². The first-order valence-electron chi connectivity index (χ1n) is 9.00. The van der Waals surface area contributed by atoms with Crippen molar-refractivity contribution in [1.82, 2.24) is 20.1 Å². The van der Waals surface area contributed by atoms with Gasteiger partial charge in [-0.3, -0.25) is 5.01 Å². The lowest BCUT2D eigenvalue weighted by atomic mass is 10.1. The summed E-state index contributed by atoms with van der Waals surface area (Å²) in [4.78, 5) is 7.68. The van der Waals surface area contributed by atoms with Crippen molar-refractivity contribution in [1.29, 1.82) is 0 Å². The van der Waals surface area contributed by atoms with Gasteiger partial charge in [0.15, 0.2) is 5.76 Å². The number of nitrogens with one attached hydrogen (secondary N) is 1. The van der Waals surface area contributed by atoms with Crippen LogP contribution in [-0.4, -0.2) is 26.3 Å². The zero-order chi connectivity index (χ0) is 19.8. The molecule has 144 valence electrons. The highest BCUT2D eigenvalue weighted by molar-refractivity contribution is 6.30. The van der Waals surface area contributed by atoms with Gasteiger partial charge in [0.05, 0.1) is 36.3 Å². The van der Waals surface area contributed by atoms with Crippen molar-refractivity contribution in [3.8, 4) is 22.7 Å². The standard InChI is InChI=1S/C21H15ClFN5O/c22-14-7-5-13(6-8-14)20-9-15(27-29-20)11-28-12-19-18(10-24-28)25-21(26-19)16-3-1-2-4-17(16)23/h1-10H,11-12H2,(H,25,26). The third kappa shape index (κ3) is 3.52. The van der Waals surface area contributed by atoms with Gasteiger partial charge in [-0.05, 0) is 36.4 Å². The molecule has 2 aromatic carbocycles. The Morgan fingerprint density at radius 1 is 1.14 bits per heavy atom. The molecule has 0 amide bonds. The van der Waals surface area contributed by atoms with E-state index in [4.69, 9.17) is 16.1 Å². The number of benzene rings is 2. The highest BCUT2D eigenvalue weighted by Crippen LogP contribution is 2.25. The lowest BCUT2D eigenvalue weighted by Crippen LogP contribution is -2.21. The number of imidazole rings is 1. The lowest BCUT2D eigenvalue weighted by molar-refractivity contribution is 0.255. The van der Waals surface area contributed by atoms with Gasteiger partial charge in [-0.1, -0.05) is 28.9 Å². The number of fused-ring (bicyclic) bond motifs is 1. The summed E-state index contributed by atoms with van der Waals surface area (Å²) in [6.45, 7) is 0.953. The van der Waals surface area contributed by atoms with Crippen LogP contribution in [0.25, 0.3) is 22.7 Å². The van der Waals surface area contributed by atoms with Crippen molar-refractivity contribution in [2.45, 2.75) is 13.1 Å². The van der Waals surface area contributed by atoms with Gasteiger partial charge in [0.1, 0.15) is 17.3 Å². The van der Waals surface area contributed by atoms with Crippen LogP contribution in [0.1, 0.15) is 17.1 Å². The van der Waals surface area contributed by atoms with Crippen molar-refractivity contribution in [2.24, 2.45) is 5.10 Å². The lowest BCUT2D eigenvalue weighted by Gasteiger charge is -2.19. The summed E-state index contributed by atoms with van der Waals surface area (Å²) in [6, 6.07) is 15.8. The molecule has 0 spiro atoms. The molecule has 1 aliphatic heterocycles. The normalized spacial score (nSPS) is 13.0. The van der Waals surface area contributed by atoms with E-state index in [1.54, 1.807) is 36.5 Å². The minimum absolute atomic E-state index is 0.315. The Morgan fingerprint density at radius 3 is 2.79 bits per heavy atom. The minimum Gasteiger partial charge on any atom is -0.356 e. The molecular weight excluding hydrogens is 393 g/mol. The molecular formula is C21H15ClFN5O. The van der Waals surface area contributed by atoms with Gasteiger partial charge in [-0.15, -0.1) is 0 Å². The van der Waals surface area contributed by atoms with Crippen LogP contribution >= 0.6 is 11.6 Å². The van der Waals surface area contributed by atoms with Crippen molar-refractivity contribution >= 4 is 17.8 Å². The second kappa shape index (κ2) is 7.18. The number of aromatic nitrogens is 3. The quantitative estimate of drug-likeness (QED) is 0.523. The number of halogens is 2. The van der Waals surface area contributed by atoms with E-state index in [9.17, 15) is 4.39 Å². The maximum Gasteiger partial charge on any atom is 0.167 e. The molecule has 1 aliphatic rings. The predicted octanol–water partition coefficient (Wildman–Crippen LogP) is 4.87. The number of nitrogens with zero attached hydrogens (tertiary/aromatic N) is 4. The number of hydrazone groups is 1. The van der Waals surface area contributed by atoms with E-state index in [1.165, 1.54) is 6.07 Å². The van der Waals surface area contributed by atoms with Crippen LogP contribution in [0.3, 0.4) is 0 Å². The van der Waals surface area contributed by atoms with Gasteiger partial charge in [-0.2, -0.15) is 5.10 Å². The molecule has 1 N–H and O–H groups in total. The van der Waals surface area contributed by atoms with E-state index in [-0.39, 0.29) is 5.82 Å². The van der Waals surface area contributed by atoms with Gasteiger partial charge in [0.25, 0.3) is 0 Å². The molecule has 0 aliphatic carbocycles. The molecule has 6 nitrogen and oxygen atoms in total. The largest absolute Gasteiger partial charge is 0.356 e.